The SMILES string of the molecule is C=C(CNC(C)C)Cn1[nH]c(=O)c2ccccc2c1=O. The van der Waals surface area contributed by atoms with Gasteiger partial charge in [0, 0.05) is 12.6 Å². The zero-order valence-electron chi connectivity index (χ0n) is 11.8. The van der Waals surface area contributed by atoms with E-state index in [1.165, 1.54) is 4.68 Å². The van der Waals surface area contributed by atoms with Gasteiger partial charge in [-0.15, -0.1) is 0 Å². The van der Waals surface area contributed by atoms with E-state index in [1.54, 1.807) is 24.3 Å². The Labute approximate surface area is 116 Å². The third-order valence-electron chi connectivity index (χ3n) is 3.03. The summed E-state index contributed by atoms with van der Waals surface area (Å²) in [5.41, 5.74) is 0.377. The standard InChI is InChI=1S/C15H19N3O2/c1-10(2)16-8-11(3)9-18-15(20)13-7-5-4-6-12(13)14(19)17-18/h4-7,10,16H,3,8-9H2,1-2H3,(H,17,19). The van der Waals surface area contributed by atoms with E-state index in [2.05, 4.69) is 17.0 Å². The summed E-state index contributed by atoms with van der Waals surface area (Å²) >= 11 is 0. The molecule has 0 fully saturated rings. The predicted octanol–water partition coefficient (Wildman–Crippen LogP) is 1.24. The summed E-state index contributed by atoms with van der Waals surface area (Å²) < 4.78 is 1.31. The van der Waals surface area contributed by atoms with Crippen molar-refractivity contribution in [3.8, 4) is 0 Å². The van der Waals surface area contributed by atoms with E-state index in [4.69, 9.17) is 0 Å². The Morgan fingerprint density at radius 3 is 2.60 bits per heavy atom. The molecule has 0 saturated heterocycles. The van der Waals surface area contributed by atoms with Gasteiger partial charge in [-0.1, -0.05) is 32.6 Å². The quantitative estimate of drug-likeness (QED) is 0.806. The molecule has 0 amide bonds. The highest BCUT2D eigenvalue weighted by atomic mass is 16.2. The van der Waals surface area contributed by atoms with Gasteiger partial charge in [-0.3, -0.25) is 14.7 Å². The first-order valence-corrected chi connectivity index (χ1v) is 6.61. The molecule has 106 valence electrons. The molecule has 1 aromatic heterocycles. The topological polar surface area (TPSA) is 66.9 Å². The number of hydrogen-bond donors (Lipinski definition) is 2. The van der Waals surface area contributed by atoms with Gasteiger partial charge in [0.25, 0.3) is 11.1 Å². The summed E-state index contributed by atoms with van der Waals surface area (Å²) in [7, 11) is 0. The summed E-state index contributed by atoms with van der Waals surface area (Å²) in [4.78, 5) is 24.2. The van der Waals surface area contributed by atoms with Crippen LogP contribution in [0, 0.1) is 0 Å². The van der Waals surface area contributed by atoms with E-state index in [9.17, 15) is 9.59 Å². The minimum Gasteiger partial charge on any atom is -0.311 e. The molecule has 2 aromatic rings. The predicted molar refractivity (Wildman–Crippen MR) is 81.1 cm³/mol. The first-order valence-electron chi connectivity index (χ1n) is 6.61. The summed E-state index contributed by atoms with van der Waals surface area (Å²) in [5.74, 6) is 0. The van der Waals surface area contributed by atoms with E-state index in [0.29, 0.717) is 29.9 Å². The van der Waals surface area contributed by atoms with Gasteiger partial charge >= 0.3 is 0 Å². The maximum absolute atomic E-state index is 12.3. The second-order valence-electron chi connectivity index (χ2n) is 5.16. The number of benzene rings is 1. The van der Waals surface area contributed by atoms with Crippen molar-refractivity contribution in [2.75, 3.05) is 6.54 Å². The lowest BCUT2D eigenvalue weighted by Gasteiger charge is -2.12. The molecule has 0 aliphatic carbocycles. The first-order chi connectivity index (χ1) is 9.49. The molecule has 2 N–H and O–H groups in total. The average molecular weight is 273 g/mol. The number of nitrogens with one attached hydrogen (secondary N) is 2. The second-order valence-corrected chi connectivity index (χ2v) is 5.16. The van der Waals surface area contributed by atoms with Crippen LogP contribution in [-0.4, -0.2) is 22.4 Å². The van der Waals surface area contributed by atoms with Crippen LogP contribution in [0.1, 0.15) is 13.8 Å². The van der Waals surface area contributed by atoms with Crippen LogP contribution in [0.15, 0.2) is 46.0 Å². The Morgan fingerprint density at radius 1 is 1.30 bits per heavy atom. The first kappa shape index (κ1) is 14.3. The molecule has 5 heteroatoms. The van der Waals surface area contributed by atoms with Gasteiger partial charge in [0.15, 0.2) is 0 Å². The van der Waals surface area contributed by atoms with Crippen molar-refractivity contribution in [3.05, 3.63) is 57.1 Å². The van der Waals surface area contributed by atoms with E-state index in [1.807, 2.05) is 13.8 Å². The lowest BCUT2D eigenvalue weighted by molar-refractivity contribution is 0.574. The monoisotopic (exact) mass is 273 g/mol. The smallest absolute Gasteiger partial charge is 0.273 e. The van der Waals surface area contributed by atoms with Crippen LogP contribution in [0.4, 0.5) is 0 Å². The number of H-pyrrole nitrogens is 1. The van der Waals surface area contributed by atoms with Crippen LogP contribution in [0.2, 0.25) is 0 Å². The molecule has 0 bridgehead atoms. The number of hydrogen-bond acceptors (Lipinski definition) is 3. The van der Waals surface area contributed by atoms with E-state index in [-0.39, 0.29) is 11.1 Å². The Bertz CT molecular complexity index is 741. The van der Waals surface area contributed by atoms with Crippen molar-refractivity contribution >= 4 is 10.8 Å². The summed E-state index contributed by atoms with van der Waals surface area (Å²) in [6.45, 7) is 8.92. The molecule has 5 nitrogen and oxygen atoms in total. The van der Waals surface area contributed by atoms with E-state index >= 15 is 0 Å². The third kappa shape index (κ3) is 3.05. The van der Waals surface area contributed by atoms with Gasteiger partial charge in [0.05, 0.1) is 17.3 Å². The number of nitrogens with zero attached hydrogens (tertiary/aromatic N) is 1. The van der Waals surface area contributed by atoms with Gasteiger partial charge in [0.2, 0.25) is 0 Å². The average Bonchev–Trinajstić information content (AvgIpc) is 2.42. The van der Waals surface area contributed by atoms with Gasteiger partial charge in [-0.2, -0.15) is 0 Å². The molecule has 1 heterocycles. The lowest BCUT2D eigenvalue weighted by atomic mass is 10.2. The van der Waals surface area contributed by atoms with Crippen LogP contribution in [0.3, 0.4) is 0 Å². The van der Waals surface area contributed by atoms with Gasteiger partial charge < -0.3 is 5.32 Å². The highest BCUT2D eigenvalue weighted by Crippen LogP contribution is 2.03. The third-order valence-corrected chi connectivity index (χ3v) is 3.03. The minimum absolute atomic E-state index is 0.203. The van der Waals surface area contributed by atoms with Crippen molar-refractivity contribution in [1.82, 2.24) is 15.1 Å². The molecule has 0 spiro atoms. The maximum atomic E-state index is 12.3. The summed E-state index contributed by atoms with van der Waals surface area (Å²) in [6.07, 6.45) is 0. The molecule has 0 radical (unpaired) electrons. The fourth-order valence-corrected chi connectivity index (χ4v) is 1.99. The van der Waals surface area contributed by atoms with Crippen molar-refractivity contribution in [3.63, 3.8) is 0 Å². The molecule has 0 aliphatic heterocycles. The largest absolute Gasteiger partial charge is 0.311 e. The normalized spacial score (nSPS) is 11.2. The van der Waals surface area contributed by atoms with Crippen LogP contribution >= 0.6 is 0 Å². The van der Waals surface area contributed by atoms with Gasteiger partial charge in [-0.25, -0.2) is 4.68 Å². The fourth-order valence-electron chi connectivity index (χ4n) is 1.99. The Balaban J connectivity index is 2.32. The molecule has 0 unspecified atom stereocenters. The zero-order chi connectivity index (χ0) is 14.7. The second kappa shape index (κ2) is 5.88. The molecule has 1 aromatic carbocycles. The number of aromatic amines is 1. The molecular formula is C15H19N3O2. The van der Waals surface area contributed by atoms with Crippen LogP contribution in [-0.2, 0) is 6.54 Å². The molecular weight excluding hydrogens is 254 g/mol. The Kier molecular flexibility index (Phi) is 4.20. The van der Waals surface area contributed by atoms with E-state index < -0.39 is 0 Å². The fraction of sp³-hybridized carbons (Fsp3) is 0.333. The Hall–Kier alpha value is -2.14. The van der Waals surface area contributed by atoms with Crippen molar-refractivity contribution < 1.29 is 0 Å². The van der Waals surface area contributed by atoms with Crippen molar-refractivity contribution in [1.29, 1.82) is 0 Å². The van der Waals surface area contributed by atoms with E-state index in [0.717, 1.165) is 5.57 Å². The maximum Gasteiger partial charge on any atom is 0.273 e. The van der Waals surface area contributed by atoms with Crippen LogP contribution in [0.25, 0.3) is 10.8 Å². The van der Waals surface area contributed by atoms with Gasteiger partial charge in [-0.05, 0) is 17.7 Å². The van der Waals surface area contributed by atoms with Crippen molar-refractivity contribution in [2.24, 2.45) is 0 Å². The Morgan fingerprint density at radius 2 is 1.95 bits per heavy atom. The highest BCUT2D eigenvalue weighted by molar-refractivity contribution is 5.80. The molecule has 0 saturated carbocycles. The van der Waals surface area contributed by atoms with Crippen molar-refractivity contribution in [2.45, 2.75) is 26.4 Å². The number of fused-ring (bicyclic) bond motifs is 1. The van der Waals surface area contributed by atoms with Gasteiger partial charge in [0.1, 0.15) is 0 Å². The molecule has 0 aliphatic rings. The molecule has 20 heavy (non-hydrogen) atoms. The summed E-state index contributed by atoms with van der Waals surface area (Å²) in [6, 6.07) is 7.16. The van der Waals surface area contributed by atoms with Crippen LogP contribution in [0.5, 0.6) is 0 Å². The highest BCUT2D eigenvalue weighted by Gasteiger charge is 2.07. The zero-order valence-corrected chi connectivity index (χ0v) is 11.8. The number of rotatable bonds is 5. The minimum atomic E-state index is -0.259. The van der Waals surface area contributed by atoms with Crippen LogP contribution < -0.4 is 16.4 Å². The summed E-state index contributed by atoms with van der Waals surface area (Å²) in [5, 5.41) is 6.67. The lowest BCUT2D eigenvalue weighted by Crippen LogP contribution is -2.32. The number of aromatic nitrogens is 2. The molecule has 2 rings (SSSR count). The molecule has 0 atom stereocenters.